The van der Waals surface area contributed by atoms with E-state index in [1.165, 1.54) is 5.56 Å². The molecular weight excluding hydrogens is 242 g/mol. The number of nitrogens with zero attached hydrogens (tertiary/aromatic N) is 1. The van der Waals surface area contributed by atoms with Crippen molar-refractivity contribution in [2.75, 3.05) is 25.1 Å². The van der Waals surface area contributed by atoms with Gasteiger partial charge in [0.05, 0.1) is 19.6 Å². The summed E-state index contributed by atoms with van der Waals surface area (Å²) in [7, 11) is 1.87. The van der Waals surface area contributed by atoms with Crippen LogP contribution >= 0.6 is 0 Å². The van der Waals surface area contributed by atoms with Crippen molar-refractivity contribution in [3.8, 4) is 0 Å². The Hall–Kier alpha value is -1.84. The number of likely N-dealkylation sites (N-methyl/N-ethyl adjacent to an activating group) is 1. The molecule has 1 rings (SSSR count). The van der Waals surface area contributed by atoms with Crippen LogP contribution in [0.1, 0.15) is 25.3 Å². The molecule has 0 atom stereocenters. The van der Waals surface area contributed by atoms with Gasteiger partial charge in [-0.25, -0.2) is 0 Å². The maximum absolute atomic E-state index is 11.8. The number of rotatable bonds is 7. The number of hydrogen-bond donors (Lipinski definition) is 0. The van der Waals surface area contributed by atoms with Gasteiger partial charge in [0, 0.05) is 19.2 Å². The summed E-state index contributed by atoms with van der Waals surface area (Å²) in [6, 6.07) is 7.98. The van der Waals surface area contributed by atoms with Crippen LogP contribution < -0.4 is 4.90 Å². The first-order chi connectivity index (χ1) is 9.02. The van der Waals surface area contributed by atoms with Crippen LogP contribution in [0.4, 0.5) is 5.69 Å². The fourth-order valence-electron chi connectivity index (χ4n) is 1.71. The second-order valence-corrected chi connectivity index (χ2v) is 4.54. The Bertz CT molecular complexity index is 426. The van der Waals surface area contributed by atoms with E-state index >= 15 is 0 Å². The first-order valence-electron chi connectivity index (χ1n) is 6.48. The van der Waals surface area contributed by atoms with E-state index in [2.05, 4.69) is 0 Å². The molecule has 0 aliphatic heterocycles. The van der Waals surface area contributed by atoms with E-state index in [0.717, 1.165) is 5.69 Å². The summed E-state index contributed by atoms with van der Waals surface area (Å²) in [5, 5.41) is 0. The van der Waals surface area contributed by atoms with Crippen LogP contribution in [0, 0.1) is 6.92 Å². The predicted molar refractivity (Wildman–Crippen MR) is 75.3 cm³/mol. The molecule has 0 bridgehead atoms. The third-order valence-corrected chi connectivity index (χ3v) is 2.80. The Morgan fingerprint density at radius 2 is 1.79 bits per heavy atom. The van der Waals surface area contributed by atoms with Crippen molar-refractivity contribution < 1.29 is 14.3 Å². The van der Waals surface area contributed by atoms with E-state index in [9.17, 15) is 9.59 Å². The van der Waals surface area contributed by atoms with Gasteiger partial charge < -0.3 is 9.64 Å². The number of carbonyl (C=O) groups excluding carboxylic acids is 2. The van der Waals surface area contributed by atoms with Crippen LogP contribution in [0.2, 0.25) is 0 Å². The van der Waals surface area contributed by atoms with Gasteiger partial charge in [-0.3, -0.25) is 9.59 Å². The fourth-order valence-corrected chi connectivity index (χ4v) is 1.71. The Balaban J connectivity index is 2.39. The van der Waals surface area contributed by atoms with E-state index in [1.54, 1.807) is 6.92 Å². The molecule has 0 aromatic heterocycles. The quantitative estimate of drug-likeness (QED) is 0.708. The number of anilines is 1. The molecular formula is C15H21NO3. The van der Waals surface area contributed by atoms with Crippen LogP contribution in [0.3, 0.4) is 0 Å². The van der Waals surface area contributed by atoms with Crippen LogP contribution in [-0.2, 0) is 14.3 Å². The SMILES string of the molecule is CCOC(=O)CCC(=O)CN(C)c1ccc(C)cc1. The van der Waals surface area contributed by atoms with Crippen LogP contribution in [0.25, 0.3) is 0 Å². The minimum Gasteiger partial charge on any atom is -0.466 e. The standard InChI is InChI=1S/C15H21NO3/c1-4-19-15(18)10-9-14(17)11-16(3)13-7-5-12(2)6-8-13/h5-8H,4,9-11H2,1-3H3. The zero-order chi connectivity index (χ0) is 14.3. The van der Waals surface area contributed by atoms with Gasteiger partial charge in [0.1, 0.15) is 0 Å². The normalized spacial score (nSPS) is 10.1. The first kappa shape index (κ1) is 15.2. The van der Waals surface area contributed by atoms with Crippen LogP contribution in [0.5, 0.6) is 0 Å². The van der Waals surface area contributed by atoms with Gasteiger partial charge in [-0.15, -0.1) is 0 Å². The van der Waals surface area contributed by atoms with Gasteiger partial charge in [0.2, 0.25) is 0 Å². The molecule has 0 aliphatic carbocycles. The number of ether oxygens (including phenoxy) is 1. The van der Waals surface area contributed by atoms with Gasteiger partial charge in [0.25, 0.3) is 0 Å². The molecule has 0 radical (unpaired) electrons. The average Bonchev–Trinajstić information content (AvgIpc) is 2.37. The molecule has 0 aliphatic rings. The number of esters is 1. The number of hydrogen-bond acceptors (Lipinski definition) is 4. The van der Waals surface area contributed by atoms with Gasteiger partial charge >= 0.3 is 5.97 Å². The smallest absolute Gasteiger partial charge is 0.306 e. The number of carbonyl (C=O) groups is 2. The number of Topliss-reactive ketones (excluding diaryl/α,β-unsaturated/α-hetero) is 1. The zero-order valence-corrected chi connectivity index (χ0v) is 11.8. The summed E-state index contributed by atoms with van der Waals surface area (Å²) in [6.45, 7) is 4.44. The fraction of sp³-hybridized carbons (Fsp3) is 0.467. The highest BCUT2D eigenvalue weighted by Gasteiger charge is 2.10. The van der Waals surface area contributed by atoms with Crippen molar-refractivity contribution in [1.82, 2.24) is 0 Å². The topological polar surface area (TPSA) is 46.6 Å². The lowest BCUT2D eigenvalue weighted by Gasteiger charge is -2.18. The Labute approximate surface area is 114 Å². The molecule has 1 aromatic carbocycles. The lowest BCUT2D eigenvalue weighted by atomic mass is 10.2. The number of ketones is 1. The highest BCUT2D eigenvalue weighted by atomic mass is 16.5. The van der Waals surface area contributed by atoms with Gasteiger partial charge in [-0.05, 0) is 26.0 Å². The maximum Gasteiger partial charge on any atom is 0.306 e. The molecule has 0 saturated carbocycles. The third-order valence-electron chi connectivity index (χ3n) is 2.80. The van der Waals surface area contributed by atoms with E-state index in [-0.39, 0.29) is 24.6 Å². The average molecular weight is 263 g/mol. The molecule has 19 heavy (non-hydrogen) atoms. The van der Waals surface area contributed by atoms with E-state index in [4.69, 9.17) is 4.74 Å². The molecule has 4 nitrogen and oxygen atoms in total. The molecule has 4 heteroatoms. The largest absolute Gasteiger partial charge is 0.466 e. The van der Waals surface area contributed by atoms with E-state index < -0.39 is 0 Å². The minimum absolute atomic E-state index is 0.0381. The Morgan fingerprint density at radius 3 is 2.37 bits per heavy atom. The molecule has 0 saturated heterocycles. The number of aryl methyl sites for hydroxylation is 1. The summed E-state index contributed by atoms with van der Waals surface area (Å²) in [6.07, 6.45) is 0.392. The third kappa shape index (κ3) is 5.55. The molecule has 0 unspecified atom stereocenters. The predicted octanol–water partition coefficient (Wildman–Crippen LogP) is 2.34. The van der Waals surface area contributed by atoms with Gasteiger partial charge in [-0.1, -0.05) is 17.7 Å². The monoisotopic (exact) mass is 263 g/mol. The zero-order valence-electron chi connectivity index (χ0n) is 11.8. The second kappa shape index (κ2) is 7.56. The van der Waals surface area contributed by atoms with Crippen LogP contribution in [-0.4, -0.2) is 32.0 Å². The Kier molecular flexibility index (Phi) is 6.06. The minimum atomic E-state index is -0.311. The summed E-state index contributed by atoms with van der Waals surface area (Å²) in [5.74, 6) is -0.273. The van der Waals surface area contributed by atoms with Crippen molar-refractivity contribution >= 4 is 17.4 Å². The van der Waals surface area contributed by atoms with Crippen molar-refractivity contribution in [2.45, 2.75) is 26.7 Å². The van der Waals surface area contributed by atoms with Crippen molar-refractivity contribution in [3.63, 3.8) is 0 Å². The molecule has 0 amide bonds. The van der Waals surface area contributed by atoms with Crippen molar-refractivity contribution in [3.05, 3.63) is 29.8 Å². The second-order valence-electron chi connectivity index (χ2n) is 4.54. The summed E-state index contributed by atoms with van der Waals surface area (Å²) in [5.41, 5.74) is 2.18. The maximum atomic E-state index is 11.8. The van der Waals surface area contributed by atoms with E-state index in [1.807, 2.05) is 43.1 Å². The van der Waals surface area contributed by atoms with Crippen molar-refractivity contribution in [1.29, 1.82) is 0 Å². The van der Waals surface area contributed by atoms with E-state index in [0.29, 0.717) is 13.2 Å². The first-order valence-corrected chi connectivity index (χ1v) is 6.48. The lowest BCUT2D eigenvalue weighted by molar-refractivity contribution is -0.144. The lowest BCUT2D eigenvalue weighted by Crippen LogP contribution is -2.26. The molecule has 0 N–H and O–H groups in total. The summed E-state index contributed by atoms with van der Waals surface area (Å²) >= 11 is 0. The molecule has 0 heterocycles. The molecule has 0 spiro atoms. The van der Waals surface area contributed by atoms with Crippen molar-refractivity contribution in [2.24, 2.45) is 0 Å². The summed E-state index contributed by atoms with van der Waals surface area (Å²) in [4.78, 5) is 24.8. The van der Waals surface area contributed by atoms with Crippen LogP contribution in [0.15, 0.2) is 24.3 Å². The molecule has 104 valence electrons. The molecule has 1 aromatic rings. The Morgan fingerprint density at radius 1 is 1.16 bits per heavy atom. The van der Waals surface area contributed by atoms with Gasteiger partial charge in [0.15, 0.2) is 5.78 Å². The number of benzene rings is 1. The molecule has 0 fully saturated rings. The highest BCUT2D eigenvalue weighted by molar-refractivity contribution is 5.86. The van der Waals surface area contributed by atoms with Gasteiger partial charge in [-0.2, -0.15) is 0 Å². The summed E-state index contributed by atoms with van der Waals surface area (Å²) < 4.78 is 4.79. The highest BCUT2D eigenvalue weighted by Crippen LogP contribution is 2.13.